The average Bonchev–Trinajstić information content (AvgIpc) is 3.29. The molecule has 1 aliphatic heterocycles. The van der Waals surface area contributed by atoms with Gasteiger partial charge in [0.15, 0.2) is 0 Å². The number of hydrogen-bond acceptors (Lipinski definition) is 5. The normalized spacial score (nSPS) is 20.8. The third-order valence-electron chi connectivity index (χ3n) is 6.13. The number of hydrogen-bond donors (Lipinski definition) is 1. The summed E-state index contributed by atoms with van der Waals surface area (Å²) in [6, 6.07) is 15.6. The maximum atomic E-state index is 14.0. The number of nitrogens with zero attached hydrogens (tertiary/aromatic N) is 2. The molecule has 2 atom stereocenters. The van der Waals surface area contributed by atoms with E-state index in [0.717, 1.165) is 16.0 Å². The molecule has 1 unspecified atom stereocenters. The smallest absolute Gasteiger partial charge is 0.236 e. The van der Waals surface area contributed by atoms with Crippen LogP contribution in [-0.2, 0) is 10.2 Å². The topological polar surface area (TPSA) is 77.2 Å². The van der Waals surface area contributed by atoms with Gasteiger partial charge in [0.2, 0.25) is 5.91 Å². The first-order chi connectivity index (χ1) is 15.3. The Morgan fingerprint density at radius 2 is 1.94 bits per heavy atom. The van der Waals surface area contributed by atoms with Gasteiger partial charge in [-0.15, -0.1) is 11.3 Å². The van der Waals surface area contributed by atoms with Gasteiger partial charge in [0.25, 0.3) is 0 Å². The molecule has 2 aromatic carbocycles. The SMILES string of the molecule is COc1ccc(C2C(=O)N(C)C(=N)C[C@]2(C)c2cc(-c3cc(F)cc(C#N)c3)cs2)cc1. The van der Waals surface area contributed by atoms with Crippen LogP contribution < -0.4 is 4.74 Å². The summed E-state index contributed by atoms with van der Waals surface area (Å²) in [7, 11) is 3.23. The fourth-order valence-corrected chi connectivity index (χ4v) is 5.42. The lowest BCUT2D eigenvalue weighted by Gasteiger charge is -2.44. The van der Waals surface area contributed by atoms with Gasteiger partial charge in [-0.3, -0.25) is 10.2 Å². The van der Waals surface area contributed by atoms with Crippen molar-refractivity contribution in [2.45, 2.75) is 24.7 Å². The Morgan fingerprint density at radius 3 is 2.59 bits per heavy atom. The number of rotatable bonds is 4. The lowest BCUT2D eigenvalue weighted by atomic mass is 9.67. The van der Waals surface area contributed by atoms with Crippen molar-refractivity contribution in [3.05, 3.63) is 75.7 Å². The molecule has 1 aromatic heterocycles. The number of ether oxygens (including phenoxy) is 1. The van der Waals surface area contributed by atoms with E-state index in [9.17, 15) is 14.4 Å². The lowest BCUT2D eigenvalue weighted by Crippen LogP contribution is -2.51. The van der Waals surface area contributed by atoms with E-state index in [1.807, 2.05) is 48.7 Å². The predicted octanol–water partition coefficient (Wildman–Crippen LogP) is 5.32. The Morgan fingerprint density at radius 1 is 1.22 bits per heavy atom. The number of carbonyl (C=O) groups is 1. The van der Waals surface area contributed by atoms with Crippen molar-refractivity contribution < 1.29 is 13.9 Å². The largest absolute Gasteiger partial charge is 0.497 e. The fourth-order valence-electron chi connectivity index (χ4n) is 4.31. The maximum Gasteiger partial charge on any atom is 0.236 e. The van der Waals surface area contributed by atoms with Gasteiger partial charge >= 0.3 is 0 Å². The standard InChI is InChI=1S/C25H22FN3O2S/c1-25(21-11-18(14-32-21)17-8-15(13-27)9-19(26)10-17)12-22(28)29(2)24(30)23(25)16-4-6-20(31-3)7-5-16/h4-11,14,23,28H,12H2,1-3H3/t23?,25-/m1/s1. The molecule has 1 aliphatic rings. The number of carbonyl (C=O) groups excluding carboxylic acids is 1. The Kier molecular flexibility index (Phi) is 5.57. The second-order valence-corrected chi connectivity index (χ2v) is 9.10. The van der Waals surface area contributed by atoms with Crippen molar-refractivity contribution in [1.29, 1.82) is 10.7 Å². The summed E-state index contributed by atoms with van der Waals surface area (Å²) >= 11 is 1.48. The summed E-state index contributed by atoms with van der Waals surface area (Å²) in [5.41, 5.74) is 1.86. The highest BCUT2D eigenvalue weighted by Gasteiger charge is 2.49. The molecule has 4 rings (SSSR count). The number of halogens is 1. The van der Waals surface area contributed by atoms with Crippen LogP contribution in [0.2, 0.25) is 0 Å². The van der Waals surface area contributed by atoms with Gasteiger partial charge in [-0.25, -0.2) is 4.39 Å². The molecule has 1 N–H and O–H groups in total. The maximum absolute atomic E-state index is 14.0. The number of amides is 1. The molecule has 5 nitrogen and oxygen atoms in total. The van der Waals surface area contributed by atoms with E-state index in [1.165, 1.54) is 28.4 Å². The minimum Gasteiger partial charge on any atom is -0.497 e. The van der Waals surface area contributed by atoms with E-state index in [4.69, 9.17) is 10.1 Å². The zero-order valence-corrected chi connectivity index (χ0v) is 18.8. The number of methoxy groups -OCH3 is 1. The summed E-state index contributed by atoms with van der Waals surface area (Å²) in [6.45, 7) is 2.00. The summed E-state index contributed by atoms with van der Waals surface area (Å²) < 4.78 is 19.2. The Bertz CT molecular complexity index is 1240. The van der Waals surface area contributed by atoms with Gasteiger partial charge in [0.1, 0.15) is 17.4 Å². The molecule has 0 radical (unpaired) electrons. The predicted molar refractivity (Wildman–Crippen MR) is 123 cm³/mol. The molecule has 0 spiro atoms. The van der Waals surface area contributed by atoms with Crippen LogP contribution in [-0.4, -0.2) is 30.8 Å². The summed E-state index contributed by atoms with van der Waals surface area (Å²) in [5.74, 6) is -0.125. The van der Waals surface area contributed by atoms with E-state index in [1.54, 1.807) is 20.2 Å². The monoisotopic (exact) mass is 447 g/mol. The van der Waals surface area contributed by atoms with Crippen LogP contribution in [0, 0.1) is 22.6 Å². The lowest BCUT2D eigenvalue weighted by molar-refractivity contribution is -0.131. The minimum absolute atomic E-state index is 0.138. The molecule has 1 fully saturated rings. The van der Waals surface area contributed by atoms with E-state index in [0.29, 0.717) is 17.7 Å². The van der Waals surface area contributed by atoms with Crippen molar-refractivity contribution in [2.24, 2.45) is 0 Å². The number of thiophene rings is 1. The molecule has 1 amide bonds. The van der Waals surface area contributed by atoms with E-state index < -0.39 is 17.2 Å². The summed E-state index contributed by atoms with van der Waals surface area (Å²) in [5, 5.41) is 19.5. The van der Waals surface area contributed by atoms with Crippen molar-refractivity contribution in [1.82, 2.24) is 4.90 Å². The summed E-state index contributed by atoms with van der Waals surface area (Å²) in [4.78, 5) is 15.7. The number of likely N-dealkylation sites (tertiary alicyclic amines) is 1. The number of benzene rings is 2. The molecule has 7 heteroatoms. The van der Waals surface area contributed by atoms with E-state index in [-0.39, 0.29) is 17.3 Å². The van der Waals surface area contributed by atoms with Crippen LogP contribution in [0.4, 0.5) is 4.39 Å². The molecule has 2 heterocycles. The number of piperidine rings is 1. The number of nitrogens with one attached hydrogen (secondary N) is 1. The molecule has 0 saturated carbocycles. The third kappa shape index (κ3) is 3.67. The van der Waals surface area contributed by atoms with Gasteiger partial charge in [-0.2, -0.15) is 5.26 Å². The zero-order valence-electron chi connectivity index (χ0n) is 18.0. The van der Waals surface area contributed by atoms with Gasteiger partial charge in [-0.05, 0) is 58.5 Å². The Balaban J connectivity index is 1.80. The quantitative estimate of drug-likeness (QED) is 0.588. The van der Waals surface area contributed by atoms with Crippen LogP contribution in [0.1, 0.15) is 35.3 Å². The van der Waals surface area contributed by atoms with Crippen molar-refractivity contribution >= 4 is 23.1 Å². The minimum atomic E-state index is -0.649. The number of nitriles is 1. The van der Waals surface area contributed by atoms with Gasteiger partial charge in [0.05, 0.1) is 24.7 Å². The van der Waals surface area contributed by atoms with E-state index >= 15 is 0 Å². The molecule has 3 aromatic rings. The molecular weight excluding hydrogens is 425 g/mol. The van der Waals surface area contributed by atoms with Crippen molar-refractivity contribution in [3.63, 3.8) is 0 Å². The van der Waals surface area contributed by atoms with Crippen molar-refractivity contribution in [2.75, 3.05) is 14.2 Å². The van der Waals surface area contributed by atoms with Crippen molar-refractivity contribution in [3.8, 4) is 22.9 Å². The van der Waals surface area contributed by atoms with Crippen LogP contribution in [0.3, 0.4) is 0 Å². The summed E-state index contributed by atoms with van der Waals surface area (Å²) in [6.07, 6.45) is 0.387. The molecule has 0 bridgehead atoms. The zero-order chi connectivity index (χ0) is 23.0. The van der Waals surface area contributed by atoms with Gasteiger partial charge < -0.3 is 9.64 Å². The number of amidine groups is 1. The van der Waals surface area contributed by atoms with Crippen LogP contribution in [0.5, 0.6) is 5.75 Å². The Hall–Kier alpha value is -3.50. The molecule has 0 aliphatic carbocycles. The Labute approximate surface area is 190 Å². The first kappa shape index (κ1) is 21.7. The average molecular weight is 448 g/mol. The molecule has 32 heavy (non-hydrogen) atoms. The highest BCUT2D eigenvalue weighted by molar-refractivity contribution is 7.10. The third-order valence-corrected chi connectivity index (χ3v) is 7.34. The first-order valence-electron chi connectivity index (χ1n) is 10.1. The number of likely N-dealkylation sites (N-methyl/N-ethyl adjacent to an activating group) is 1. The van der Waals surface area contributed by atoms with Crippen LogP contribution in [0.15, 0.2) is 53.9 Å². The first-order valence-corrected chi connectivity index (χ1v) is 10.9. The van der Waals surface area contributed by atoms with Gasteiger partial charge in [-0.1, -0.05) is 19.1 Å². The van der Waals surface area contributed by atoms with Crippen LogP contribution in [0.25, 0.3) is 11.1 Å². The molecule has 1 saturated heterocycles. The molecule has 162 valence electrons. The van der Waals surface area contributed by atoms with E-state index in [2.05, 4.69) is 0 Å². The second-order valence-electron chi connectivity index (χ2n) is 8.18. The highest BCUT2D eigenvalue weighted by Crippen LogP contribution is 2.49. The highest BCUT2D eigenvalue weighted by atomic mass is 32.1. The van der Waals surface area contributed by atoms with Crippen LogP contribution >= 0.6 is 11.3 Å². The second kappa shape index (κ2) is 8.21. The fraction of sp³-hybridized carbons (Fsp3) is 0.240. The molecular formula is C25H22FN3O2S. The van der Waals surface area contributed by atoms with Gasteiger partial charge in [0, 0.05) is 23.8 Å².